The van der Waals surface area contributed by atoms with E-state index in [2.05, 4.69) is 0 Å². The van der Waals surface area contributed by atoms with E-state index in [0.29, 0.717) is 20.5 Å². The summed E-state index contributed by atoms with van der Waals surface area (Å²) in [6.07, 6.45) is 0. The highest BCUT2D eigenvalue weighted by molar-refractivity contribution is 7.99. The van der Waals surface area contributed by atoms with E-state index in [1.807, 2.05) is 0 Å². The zero-order valence-electron chi connectivity index (χ0n) is 9.47. The molecule has 0 aliphatic rings. The maximum atomic E-state index is 10.9. The first-order chi connectivity index (χ1) is 9.00. The molecule has 4 nitrogen and oxygen atoms in total. The fourth-order valence-corrected chi connectivity index (χ4v) is 2.81. The van der Waals surface area contributed by atoms with Gasteiger partial charge in [-0.2, -0.15) is 0 Å². The number of nitro benzene ring substituents is 1. The van der Waals surface area contributed by atoms with Crippen molar-refractivity contribution in [3.63, 3.8) is 0 Å². The number of nitrogen functional groups attached to an aromatic ring is 1. The Morgan fingerprint density at radius 2 is 1.79 bits per heavy atom. The molecule has 19 heavy (non-hydrogen) atoms. The Labute approximate surface area is 123 Å². The summed E-state index contributed by atoms with van der Waals surface area (Å²) in [6.45, 7) is 0. The minimum absolute atomic E-state index is 0.0259. The molecule has 0 aromatic heterocycles. The fraction of sp³-hybridized carbons (Fsp3) is 0. The number of nitro groups is 1. The van der Waals surface area contributed by atoms with E-state index in [0.717, 1.165) is 0 Å². The molecule has 0 amide bonds. The van der Waals surface area contributed by atoms with Gasteiger partial charge in [-0.1, -0.05) is 47.1 Å². The van der Waals surface area contributed by atoms with E-state index in [4.69, 9.17) is 28.9 Å². The molecular formula is C12H8Cl2N2O2S. The second-order valence-electron chi connectivity index (χ2n) is 3.60. The third-order valence-electron chi connectivity index (χ3n) is 2.37. The first-order valence-corrected chi connectivity index (χ1v) is 6.72. The van der Waals surface area contributed by atoms with E-state index < -0.39 is 4.92 Å². The van der Waals surface area contributed by atoms with Gasteiger partial charge in [0.1, 0.15) is 0 Å². The number of para-hydroxylation sites is 1. The Hall–Kier alpha value is -1.43. The van der Waals surface area contributed by atoms with Gasteiger partial charge < -0.3 is 5.73 Å². The quantitative estimate of drug-likeness (QED) is 0.509. The van der Waals surface area contributed by atoms with Gasteiger partial charge in [0.25, 0.3) is 5.69 Å². The van der Waals surface area contributed by atoms with E-state index in [1.165, 1.54) is 17.8 Å². The number of rotatable bonds is 3. The molecule has 2 aromatic carbocycles. The molecule has 2 rings (SSSR count). The summed E-state index contributed by atoms with van der Waals surface area (Å²) in [5.41, 5.74) is 6.19. The minimum atomic E-state index is -0.434. The molecule has 2 aromatic rings. The Bertz CT molecular complexity index is 650. The summed E-state index contributed by atoms with van der Waals surface area (Å²) in [5, 5.41) is 11.5. The lowest BCUT2D eigenvalue weighted by Gasteiger charge is -2.08. The summed E-state index contributed by atoms with van der Waals surface area (Å²) in [6, 6.07) is 9.73. The minimum Gasteiger partial charge on any atom is -0.397 e. The predicted molar refractivity (Wildman–Crippen MR) is 78.1 cm³/mol. The SMILES string of the molecule is Nc1c(Sc2ccccc2[N+](=O)[O-])ccc(Cl)c1Cl. The van der Waals surface area contributed by atoms with Crippen LogP contribution >= 0.6 is 35.0 Å². The summed E-state index contributed by atoms with van der Waals surface area (Å²) in [5.74, 6) is 0. The number of hydrogen-bond donors (Lipinski definition) is 1. The van der Waals surface area contributed by atoms with Crippen molar-refractivity contribution in [1.29, 1.82) is 0 Å². The number of hydrogen-bond acceptors (Lipinski definition) is 4. The molecule has 0 heterocycles. The average Bonchev–Trinajstić information content (AvgIpc) is 2.40. The molecule has 0 atom stereocenters. The van der Waals surface area contributed by atoms with Crippen LogP contribution in [-0.4, -0.2) is 4.92 Å². The van der Waals surface area contributed by atoms with E-state index in [1.54, 1.807) is 30.3 Å². The summed E-state index contributed by atoms with van der Waals surface area (Å²) in [7, 11) is 0. The second-order valence-corrected chi connectivity index (χ2v) is 5.47. The Kier molecular flexibility index (Phi) is 4.19. The summed E-state index contributed by atoms with van der Waals surface area (Å²) < 4.78 is 0. The second kappa shape index (κ2) is 5.69. The van der Waals surface area contributed by atoms with Crippen molar-refractivity contribution in [2.75, 3.05) is 5.73 Å². The van der Waals surface area contributed by atoms with Gasteiger partial charge in [0.15, 0.2) is 0 Å². The van der Waals surface area contributed by atoms with Crippen LogP contribution in [0, 0.1) is 10.1 Å². The highest BCUT2D eigenvalue weighted by atomic mass is 35.5. The van der Waals surface area contributed by atoms with Crippen molar-refractivity contribution in [3.05, 3.63) is 56.6 Å². The predicted octanol–water partition coefficient (Wildman–Crippen LogP) is 4.64. The van der Waals surface area contributed by atoms with Crippen LogP contribution < -0.4 is 5.73 Å². The van der Waals surface area contributed by atoms with Gasteiger partial charge in [0.05, 0.1) is 25.6 Å². The first kappa shape index (κ1) is 14.0. The molecule has 0 aliphatic heterocycles. The summed E-state index contributed by atoms with van der Waals surface area (Å²) in [4.78, 5) is 11.6. The van der Waals surface area contributed by atoms with Crippen LogP contribution in [0.1, 0.15) is 0 Å². The lowest BCUT2D eigenvalue weighted by molar-refractivity contribution is -0.387. The first-order valence-electron chi connectivity index (χ1n) is 5.15. The Morgan fingerprint density at radius 3 is 2.47 bits per heavy atom. The highest BCUT2D eigenvalue weighted by Crippen LogP contribution is 2.41. The molecule has 98 valence electrons. The van der Waals surface area contributed by atoms with Gasteiger partial charge in [-0.3, -0.25) is 10.1 Å². The highest BCUT2D eigenvalue weighted by Gasteiger charge is 2.16. The van der Waals surface area contributed by atoms with Gasteiger partial charge >= 0.3 is 0 Å². The normalized spacial score (nSPS) is 10.4. The van der Waals surface area contributed by atoms with Gasteiger partial charge in [0, 0.05) is 11.0 Å². The zero-order chi connectivity index (χ0) is 14.0. The Morgan fingerprint density at radius 1 is 1.11 bits per heavy atom. The molecule has 0 bridgehead atoms. The van der Waals surface area contributed by atoms with Gasteiger partial charge in [-0.05, 0) is 18.2 Å². The molecule has 0 radical (unpaired) electrons. The molecule has 0 unspecified atom stereocenters. The van der Waals surface area contributed by atoms with Crippen molar-refractivity contribution >= 4 is 46.3 Å². The van der Waals surface area contributed by atoms with Crippen LogP contribution in [0.3, 0.4) is 0 Å². The van der Waals surface area contributed by atoms with Crippen molar-refractivity contribution in [1.82, 2.24) is 0 Å². The largest absolute Gasteiger partial charge is 0.397 e. The lowest BCUT2D eigenvalue weighted by atomic mass is 10.3. The van der Waals surface area contributed by atoms with Crippen LogP contribution in [0.25, 0.3) is 0 Å². The third kappa shape index (κ3) is 2.94. The molecule has 2 N–H and O–H groups in total. The van der Waals surface area contributed by atoms with Gasteiger partial charge in [-0.25, -0.2) is 0 Å². The fourth-order valence-electron chi connectivity index (χ4n) is 1.45. The molecule has 0 spiro atoms. The van der Waals surface area contributed by atoms with Crippen LogP contribution in [0.5, 0.6) is 0 Å². The van der Waals surface area contributed by atoms with Gasteiger partial charge in [-0.15, -0.1) is 0 Å². The van der Waals surface area contributed by atoms with Crippen molar-refractivity contribution in [2.24, 2.45) is 0 Å². The smallest absolute Gasteiger partial charge is 0.283 e. The van der Waals surface area contributed by atoms with Crippen LogP contribution in [0.2, 0.25) is 10.0 Å². The van der Waals surface area contributed by atoms with E-state index in [-0.39, 0.29) is 10.7 Å². The molecule has 0 aliphatic carbocycles. The molecular weight excluding hydrogens is 307 g/mol. The number of nitrogens with two attached hydrogens (primary N) is 1. The number of halogens is 2. The van der Waals surface area contributed by atoms with E-state index in [9.17, 15) is 10.1 Å². The Balaban J connectivity index is 2.42. The number of benzene rings is 2. The van der Waals surface area contributed by atoms with Crippen LogP contribution in [-0.2, 0) is 0 Å². The van der Waals surface area contributed by atoms with Crippen molar-refractivity contribution in [2.45, 2.75) is 9.79 Å². The van der Waals surface area contributed by atoms with Crippen LogP contribution in [0.15, 0.2) is 46.2 Å². The topological polar surface area (TPSA) is 69.2 Å². The monoisotopic (exact) mass is 314 g/mol. The molecule has 7 heteroatoms. The lowest BCUT2D eigenvalue weighted by Crippen LogP contribution is -1.93. The summed E-state index contributed by atoms with van der Waals surface area (Å²) >= 11 is 13.0. The zero-order valence-corrected chi connectivity index (χ0v) is 11.8. The van der Waals surface area contributed by atoms with Gasteiger partial charge in [0.2, 0.25) is 0 Å². The van der Waals surface area contributed by atoms with Crippen LogP contribution in [0.4, 0.5) is 11.4 Å². The molecule has 0 fully saturated rings. The van der Waals surface area contributed by atoms with Crippen molar-refractivity contribution < 1.29 is 4.92 Å². The third-order valence-corrected chi connectivity index (χ3v) is 4.33. The maximum absolute atomic E-state index is 10.9. The average molecular weight is 315 g/mol. The maximum Gasteiger partial charge on any atom is 0.283 e. The standard InChI is InChI=1S/C12H8Cl2N2O2S/c13-7-5-6-10(12(15)11(7)14)19-9-4-2-1-3-8(9)16(17)18/h1-6H,15H2. The number of nitrogens with zero attached hydrogens (tertiary/aromatic N) is 1. The van der Waals surface area contributed by atoms with E-state index >= 15 is 0 Å². The molecule has 0 saturated carbocycles. The van der Waals surface area contributed by atoms with Crippen molar-refractivity contribution in [3.8, 4) is 0 Å². The molecule has 0 saturated heterocycles. The number of anilines is 1.